The number of aliphatic carboxylic acids is 1. The molecule has 0 aromatic heterocycles. The van der Waals surface area contributed by atoms with E-state index in [1.807, 2.05) is 0 Å². The molecule has 2 fully saturated rings. The number of ether oxygens (including phenoxy) is 1. The zero-order valence-corrected chi connectivity index (χ0v) is 12.9. The highest BCUT2D eigenvalue weighted by atomic mass is 16.5. The number of carbonyl (C=O) groups excluding carboxylic acids is 1. The predicted molar refractivity (Wildman–Crippen MR) is 78.1 cm³/mol. The lowest BCUT2D eigenvalue weighted by molar-refractivity contribution is -0.143. The van der Waals surface area contributed by atoms with Gasteiger partial charge in [0, 0.05) is 25.7 Å². The summed E-state index contributed by atoms with van der Waals surface area (Å²) < 4.78 is 5.70. The van der Waals surface area contributed by atoms with Crippen molar-refractivity contribution in [2.75, 3.05) is 19.7 Å². The van der Waals surface area contributed by atoms with E-state index >= 15 is 0 Å². The van der Waals surface area contributed by atoms with Crippen molar-refractivity contribution in [2.24, 2.45) is 11.8 Å². The number of likely N-dealkylation sites (tertiary alicyclic amines) is 1. The van der Waals surface area contributed by atoms with E-state index in [1.54, 1.807) is 4.90 Å². The first-order valence-corrected chi connectivity index (χ1v) is 7.87. The van der Waals surface area contributed by atoms with Gasteiger partial charge in [-0.2, -0.15) is 0 Å². The number of urea groups is 1. The third-order valence-corrected chi connectivity index (χ3v) is 4.44. The van der Waals surface area contributed by atoms with Gasteiger partial charge in [0.15, 0.2) is 0 Å². The lowest BCUT2D eigenvalue weighted by Gasteiger charge is -2.35. The van der Waals surface area contributed by atoms with Gasteiger partial charge < -0.3 is 20.1 Å². The number of hydrogen-bond acceptors (Lipinski definition) is 3. The first-order chi connectivity index (χ1) is 9.97. The van der Waals surface area contributed by atoms with Crippen LogP contribution in [0.15, 0.2) is 0 Å². The van der Waals surface area contributed by atoms with Gasteiger partial charge in [0.05, 0.1) is 12.0 Å². The molecule has 2 heterocycles. The summed E-state index contributed by atoms with van der Waals surface area (Å²) in [6.45, 7) is 5.88. The first kappa shape index (κ1) is 16.1. The number of nitrogens with zero attached hydrogens (tertiary/aromatic N) is 1. The van der Waals surface area contributed by atoms with E-state index in [0.29, 0.717) is 32.0 Å². The highest BCUT2D eigenvalue weighted by Crippen LogP contribution is 2.21. The zero-order chi connectivity index (χ0) is 15.4. The van der Waals surface area contributed by atoms with Gasteiger partial charge in [-0.3, -0.25) is 4.79 Å². The highest BCUT2D eigenvalue weighted by Gasteiger charge is 2.31. The molecule has 0 bridgehead atoms. The molecule has 6 heteroatoms. The van der Waals surface area contributed by atoms with Gasteiger partial charge in [-0.25, -0.2) is 4.79 Å². The standard InChI is InChI=1S/C15H26N2O4/c1-10(2)13-8-12(5-7-21-13)16-15(20)17-6-3-4-11(9-17)14(18)19/h10-13H,3-9H2,1-2H3,(H,16,20)(H,18,19). The third kappa shape index (κ3) is 4.33. The summed E-state index contributed by atoms with van der Waals surface area (Å²) in [5.74, 6) is -0.794. The van der Waals surface area contributed by atoms with E-state index in [4.69, 9.17) is 9.84 Å². The summed E-state index contributed by atoms with van der Waals surface area (Å²) >= 11 is 0. The van der Waals surface area contributed by atoms with E-state index in [2.05, 4.69) is 19.2 Å². The van der Waals surface area contributed by atoms with Crippen LogP contribution in [-0.2, 0) is 9.53 Å². The fourth-order valence-electron chi connectivity index (χ4n) is 3.05. The van der Waals surface area contributed by atoms with Crippen LogP contribution in [0, 0.1) is 11.8 Å². The summed E-state index contributed by atoms with van der Waals surface area (Å²) in [5, 5.41) is 12.1. The van der Waals surface area contributed by atoms with Gasteiger partial charge in [0.1, 0.15) is 0 Å². The Morgan fingerprint density at radius 1 is 1.33 bits per heavy atom. The lowest BCUT2D eigenvalue weighted by Crippen LogP contribution is -2.51. The van der Waals surface area contributed by atoms with Crippen LogP contribution in [0.2, 0.25) is 0 Å². The van der Waals surface area contributed by atoms with Crippen LogP contribution in [0.3, 0.4) is 0 Å². The largest absolute Gasteiger partial charge is 0.481 e. The van der Waals surface area contributed by atoms with Crippen molar-refractivity contribution in [3.05, 3.63) is 0 Å². The molecule has 3 atom stereocenters. The molecule has 120 valence electrons. The summed E-state index contributed by atoms with van der Waals surface area (Å²) in [4.78, 5) is 25.0. The molecule has 0 radical (unpaired) electrons. The number of hydrogen-bond donors (Lipinski definition) is 2. The average Bonchev–Trinajstić information content (AvgIpc) is 2.47. The number of amides is 2. The Morgan fingerprint density at radius 2 is 2.10 bits per heavy atom. The van der Waals surface area contributed by atoms with Crippen LogP contribution in [0.1, 0.15) is 39.5 Å². The van der Waals surface area contributed by atoms with Crippen LogP contribution in [0.4, 0.5) is 4.79 Å². The number of carboxylic acid groups (broad SMARTS) is 1. The Morgan fingerprint density at radius 3 is 2.76 bits per heavy atom. The van der Waals surface area contributed by atoms with Gasteiger partial charge in [-0.15, -0.1) is 0 Å². The van der Waals surface area contributed by atoms with E-state index in [9.17, 15) is 9.59 Å². The van der Waals surface area contributed by atoms with Crippen LogP contribution >= 0.6 is 0 Å². The van der Waals surface area contributed by atoms with Crippen molar-refractivity contribution in [1.82, 2.24) is 10.2 Å². The third-order valence-electron chi connectivity index (χ3n) is 4.44. The molecule has 0 saturated carbocycles. The maximum absolute atomic E-state index is 12.3. The molecule has 0 aromatic carbocycles. The minimum atomic E-state index is -0.807. The molecule has 3 unspecified atom stereocenters. The number of carboxylic acids is 1. The summed E-state index contributed by atoms with van der Waals surface area (Å²) in [7, 11) is 0. The Kier molecular flexibility index (Phi) is 5.45. The van der Waals surface area contributed by atoms with Gasteiger partial charge >= 0.3 is 12.0 Å². The average molecular weight is 298 g/mol. The number of piperidine rings is 1. The van der Waals surface area contributed by atoms with E-state index in [0.717, 1.165) is 19.3 Å². The molecule has 6 nitrogen and oxygen atoms in total. The SMILES string of the molecule is CC(C)C1CC(NC(=O)N2CCCC(C(=O)O)C2)CCO1. The molecule has 2 aliphatic rings. The van der Waals surface area contributed by atoms with Crippen molar-refractivity contribution in [1.29, 1.82) is 0 Å². The molecule has 2 amide bonds. The van der Waals surface area contributed by atoms with E-state index in [-0.39, 0.29) is 18.2 Å². The molecule has 0 aromatic rings. The molecular formula is C15H26N2O4. The monoisotopic (exact) mass is 298 g/mol. The Hall–Kier alpha value is -1.30. The van der Waals surface area contributed by atoms with Crippen LogP contribution in [-0.4, -0.2) is 53.8 Å². The highest BCUT2D eigenvalue weighted by molar-refractivity contribution is 5.76. The number of nitrogens with one attached hydrogen (secondary N) is 1. The van der Waals surface area contributed by atoms with Gasteiger partial charge in [-0.1, -0.05) is 13.8 Å². The summed E-state index contributed by atoms with van der Waals surface area (Å²) in [6.07, 6.45) is 3.26. The lowest BCUT2D eigenvalue weighted by atomic mass is 9.95. The van der Waals surface area contributed by atoms with Crippen molar-refractivity contribution in [2.45, 2.75) is 51.7 Å². The molecule has 2 rings (SSSR count). The maximum atomic E-state index is 12.3. The van der Waals surface area contributed by atoms with Crippen molar-refractivity contribution >= 4 is 12.0 Å². The maximum Gasteiger partial charge on any atom is 0.317 e. The first-order valence-electron chi connectivity index (χ1n) is 7.87. The second kappa shape index (κ2) is 7.11. The summed E-state index contributed by atoms with van der Waals surface area (Å²) in [5.41, 5.74) is 0. The topological polar surface area (TPSA) is 78.9 Å². The molecule has 0 spiro atoms. The molecule has 2 aliphatic heterocycles. The Balaban J connectivity index is 1.84. The van der Waals surface area contributed by atoms with Crippen LogP contribution < -0.4 is 5.32 Å². The quantitative estimate of drug-likeness (QED) is 0.831. The number of rotatable bonds is 3. The minimum absolute atomic E-state index is 0.129. The van der Waals surface area contributed by atoms with Crippen molar-refractivity contribution in [3.8, 4) is 0 Å². The Bertz CT molecular complexity index is 386. The van der Waals surface area contributed by atoms with Crippen molar-refractivity contribution < 1.29 is 19.4 Å². The molecule has 0 aliphatic carbocycles. The van der Waals surface area contributed by atoms with E-state index in [1.165, 1.54) is 0 Å². The van der Waals surface area contributed by atoms with Crippen molar-refractivity contribution in [3.63, 3.8) is 0 Å². The van der Waals surface area contributed by atoms with Gasteiger partial charge in [0.25, 0.3) is 0 Å². The fraction of sp³-hybridized carbons (Fsp3) is 0.867. The van der Waals surface area contributed by atoms with Crippen LogP contribution in [0.5, 0.6) is 0 Å². The van der Waals surface area contributed by atoms with E-state index < -0.39 is 11.9 Å². The normalized spacial score (nSPS) is 30.2. The summed E-state index contributed by atoms with van der Waals surface area (Å²) in [6, 6.07) is -0.000731. The minimum Gasteiger partial charge on any atom is -0.481 e. The zero-order valence-electron chi connectivity index (χ0n) is 12.9. The predicted octanol–water partition coefficient (Wildman–Crippen LogP) is 1.70. The molecular weight excluding hydrogens is 272 g/mol. The molecule has 21 heavy (non-hydrogen) atoms. The smallest absolute Gasteiger partial charge is 0.317 e. The second-order valence-corrected chi connectivity index (χ2v) is 6.45. The van der Waals surface area contributed by atoms with Gasteiger partial charge in [0.2, 0.25) is 0 Å². The molecule has 2 N–H and O–H groups in total. The fourth-order valence-corrected chi connectivity index (χ4v) is 3.05. The second-order valence-electron chi connectivity index (χ2n) is 6.45. The molecule has 2 saturated heterocycles. The Labute approximate surface area is 125 Å². The van der Waals surface area contributed by atoms with Gasteiger partial charge in [-0.05, 0) is 31.6 Å². The van der Waals surface area contributed by atoms with Crippen LogP contribution in [0.25, 0.3) is 0 Å². The number of carbonyl (C=O) groups is 2.